The van der Waals surface area contributed by atoms with E-state index in [4.69, 9.17) is 11.6 Å². The predicted molar refractivity (Wildman–Crippen MR) is 65.7 cm³/mol. The highest BCUT2D eigenvalue weighted by molar-refractivity contribution is 9.10. The van der Waals surface area contributed by atoms with E-state index in [0.29, 0.717) is 6.04 Å². The topological polar surface area (TPSA) is 12.0 Å². The van der Waals surface area contributed by atoms with Crippen LogP contribution in [0.4, 0.5) is 0 Å². The van der Waals surface area contributed by atoms with Gasteiger partial charge in [-0.15, -0.1) is 6.58 Å². The maximum Gasteiger partial charge on any atom is 0.0548 e. The van der Waals surface area contributed by atoms with Crippen molar-refractivity contribution in [1.29, 1.82) is 0 Å². The van der Waals surface area contributed by atoms with Crippen LogP contribution < -0.4 is 5.32 Å². The lowest BCUT2D eigenvalue weighted by molar-refractivity contribution is 0.634. The Morgan fingerprint density at radius 1 is 1.64 bits per heavy atom. The summed E-state index contributed by atoms with van der Waals surface area (Å²) in [6.45, 7) is 6.60. The van der Waals surface area contributed by atoms with Gasteiger partial charge in [-0.05, 0) is 40.5 Å². The summed E-state index contributed by atoms with van der Waals surface area (Å²) in [7, 11) is 0. The molecule has 0 fully saturated rings. The molecular formula is C11H13BrClN. The Labute approximate surface area is 98.3 Å². The zero-order chi connectivity index (χ0) is 10.6. The molecule has 1 aromatic rings. The van der Waals surface area contributed by atoms with Gasteiger partial charge in [-0.1, -0.05) is 23.7 Å². The van der Waals surface area contributed by atoms with E-state index in [0.717, 1.165) is 16.0 Å². The second-order valence-corrected chi connectivity index (χ2v) is 4.42. The predicted octanol–water partition coefficient (Wildman–Crippen LogP) is 3.77. The Morgan fingerprint density at radius 2 is 2.36 bits per heavy atom. The molecule has 1 atom stereocenters. The molecule has 0 aromatic heterocycles. The molecule has 0 radical (unpaired) electrons. The fourth-order valence-corrected chi connectivity index (χ4v) is 1.56. The van der Waals surface area contributed by atoms with E-state index in [1.807, 2.05) is 24.3 Å². The van der Waals surface area contributed by atoms with Crippen molar-refractivity contribution < 1.29 is 0 Å². The molecule has 0 bridgehead atoms. The van der Waals surface area contributed by atoms with Crippen molar-refractivity contribution in [3.63, 3.8) is 0 Å². The van der Waals surface area contributed by atoms with Crippen molar-refractivity contribution in [3.8, 4) is 0 Å². The Balaban J connectivity index is 2.59. The average molecular weight is 275 g/mol. The number of benzene rings is 1. The number of hydrogen-bond donors (Lipinski definition) is 1. The first-order valence-electron chi connectivity index (χ1n) is 4.43. The zero-order valence-corrected chi connectivity index (χ0v) is 10.4. The first kappa shape index (κ1) is 11.8. The minimum Gasteiger partial charge on any atom is -0.307 e. The second-order valence-electron chi connectivity index (χ2n) is 3.15. The van der Waals surface area contributed by atoms with Gasteiger partial charge in [0, 0.05) is 17.1 Å². The van der Waals surface area contributed by atoms with Crippen LogP contribution in [0.25, 0.3) is 0 Å². The number of halogens is 2. The van der Waals surface area contributed by atoms with Gasteiger partial charge >= 0.3 is 0 Å². The Bertz CT molecular complexity index is 325. The second kappa shape index (κ2) is 5.54. The van der Waals surface area contributed by atoms with Gasteiger partial charge in [-0.3, -0.25) is 0 Å². The lowest BCUT2D eigenvalue weighted by Gasteiger charge is -2.09. The highest BCUT2D eigenvalue weighted by Crippen LogP contribution is 2.23. The SMILES string of the molecule is C=CC(C)NCc1ccc(Cl)c(Br)c1. The van der Waals surface area contributed by atoms with Gasteiger partial charge in [0.1, 0.15) is 0 Å². The van der Waals surface area contributed by atoms with Crippen molar-refractivity contribution in [2.45, 2.75) is 19.5 Å². The van der Waals surface area contributed by atoms with Crippen LogP contribution in [0.2, 0.25) is 5.02 Å². The van der Waals surface area contributed by atoms with Gasteiger partial charge < -0.3 is 5.32 Å². The van der Waals surface area contributed by atoms with E-state index in [1.54, 1.807) is 0 Å². The smallest absolute Gasteiger partial charge is 0.0548 e. The summed E-state index contributed by atoms with van der Waals surface area (Å²) in [6, 6.07) is 6.24. The molecule has 1 N–H and O–H groups in total. The van der Waals surface area contributed by atoms with E-state index in [1.165, 1.54) is 5.56 Å². The monoisotopic (exact) mass is 273 g/mol. The number of hydrogen-bond acceptors (Lipinski definition) is 1. The first-order chi connectivity index (χ1) is 6.63. The van der Waals surface area contributed by atoms with Crippen LogP contribution in [0.15, 0.2) is 35.3 Å². The van der Waals surface area contributed by atoms with Gasteiger partial charge in [0.05, 0.1) is 5.02 Å². The third-order valence-corrected chi connectivity index (χ3v) is 3.18. The molecule has 0 heterocycles. The van der Waals surface area contributed by atoms with Crippen LogP contribution in [-0.4, -0.2) is 6.04 Å². The van der Waals surface area contributed by atoms with Crippen molar-refractivity contribution in [2.24, 2.45) is 0 Å². The Morgan fingerprint density at radius 3 is 2.93 bits per heavy atom. The minimum absolute atomic E-state index is 0.324. The molecule has 1 nitrogen and oxygen atoms in total. The molecule has 3 heteroatoms. The standard InChI is InChI=1S/C11H13BrClN/c1-3-8(2)14-7-9-4-5-11(13)10(12)6-9/h3-6,8,14H,1,7H2,2H3. The van der Waals surface area contributed by atoms with E-state index >= 15 is 0 Å². The largest absolute Gasteiger partial charge is 0.307 e. The average Bonchev–Trinajstić information content (AvgIpc) is 2.19. The molecule has 1 unspecified atom stereocenters. The molecule has 14 heavy (non-hydrogen) atoms. The molecule has 0 aliphatic carbocycles. The fourth-order valence-electron chi connectivity index (χ4n) is 1.01. The molecule has 0 saturated heterocycles. The normalized spacial score (nSPS) is 12.5. The first-order valence-corrected chi connectivity index (χ1v) is 5.60. The highest BCUT2D eigenvalue weighted by Gasteiger charge is 2.00. The van der Waals surface area contributed by atoms with E-state index in [9.17, 15) is 0 Å². The van der Waals surface area contributed by atoms with Crippen LogP contribution in [0.5, 0.6) is 0 Å². The summed E-state index contributed by atoms with van der Waals surface area (Å²) < 4.78 is 0.935. The van der Waals surface area contributed by atoms with Gasteiger partial charge in [0.15, 0.2) is 0 Å². The van der Waals surface area contributed by atoms with Crippen molar-refractivity contribution in [2.75, 3.05) is 0 Å². The summed E-state index contributed by atoms with van der Waals surface area (Å²) in [5.74, 6) is 0. The Kier molecular flexibility index (Phi) is 4.66. The van der Waals surface area contributed by atoms with Crippen molar-refractivity contribution >= 4 is 27.5 Å². The summed E-state index contributed by atoms with van der Waals surface area (Å²) >= 11 is 9.28. The molecule has 1 rings (SSSR count). The number of nitrogens with one attached hydrogen (secondary N) is 1. The van der Waals surface area contributed by atoms with Crippen molar-refractivity contribution in [1.82, 2.24) is 5.32 Å². The summed E-state index contributed by atoms with van der Waals surface area (Å²) in [4.78, 5) is 0. The van der Waals surface area contributed by atoms with Gasteiger partial charge in [0.2, 0.25) is 0 Å². The molecule has 76 valence electrons. The molecule has 0 aliphatic heterocycles. The van der Waals surface area contributed by atoms with E-state index in [2.05, 4.69) is 34.7 Å². The molecule has 0 aliphatic rings. The zero-order valence-electron chi connectivity index (χ0n) is 8.06. The molecule has 0 spiro atoms. The third kappa shape index (κ3) is 3.45. The fraction of sp³-hybridized carbons (Fsp3) is 0.273. The summed E-state index contributed by atoms with van der Waals surface area (Å²) in [5.41, 5.74) is 1.20. The highest BCUT2D eigenvalue weighted by atomic mass is 79.9. The van der Waals surface area contributed by atoms with Gasteiger partial charge in [0.25, 0.3) is 0 Å². The molecule has 0 amide bonds. The van der Waals surface area contributed by atoms with Gasteiger partial charge in [-0.2, -0.15) is 0 Å². The van der Waals surface area contributed by atoms with Crippen LogP contribution in [0, 0.1) is 0 Å². The Hall–Kier alpha value is -0.310. The minimum atomic E-state index is 0.324. The molecule has 0 saturated carbocycles. The van der Waals surface area contributed by atoms with Crippen LogP contribution in [-0.2, 0) is 6.54 Å². The quantitative estimate of drug-likeness (QED) is 0.824. The lowest BCUT2D eigenvalue weighted by atomic mass is 10.2. The summed E-state index contributed by atoms with van der Waals surface area (Å²) in [6.07, 6.45) is 1.88. The number of rotatable bonds is 4. The summed E-state index contributed by atoms with van der Waals surface area (Å²) in [5, 5.41) is 4.05. The lowest BCUT2D eigenvalue weighted by Crippen LogP contribution is -2.22. The maximum absolute atomic E-state index is 5.89. The van der Waals surface area contributed by atoms with Crippen molar-refractivity contribution in [3.05, 3.63) is 45.9 Å². The van der Waals surface area contributed by atoms with Crippen LogP contribution >= 0.6 is 27.5 Å². The van der Waals surface area contributed by atoms with Gasteiger partial charge in [-0.25, -0.2) is 0 Å². The van der Waals surface area contributed by atoms with E-state index in [-0.39, 0.29) is 0 Å². The maximum atomic E-state index is 5.89. The third-order valence-electron chi connectivity index (χ3n) is 1.97. The molecular weight excluding hydrogens is 261 g/mol. The van der Waals surface area contributed by atoms with Crippen LogP contribution in [0.3, 0.4) is 0 Å². The van der Waals surface area contributed by atoms with E-state index < -0.39 is 0 Å². The molecule has 1 aromatic carbocycles. The van der Waals surface area contributed by atoms with Crippen LogP contribution in [0.1, 0.15) is 12.5 Å².